The highest BCUT2D eigenvalue weighted by Gasteiger charge is 2.29. The average molecular weight is 649 g/mol. The zero-order chi connectivity index (χ0) is 33.3. The molecule has 0 spiro atoms. The summed E-state index contributed by atoms with van der Waals surface area (Å²) < 4.78 is 6.76. The third-order valence-corrected chi connectivity index (χ3v) is 9.77. The molecule has 49 heavy (non-hydrogen) atoms. The van der Waals surface area contributed by atoms with E-state index in [1.807, 2.05) is 85.8 Å². The van der Waals surface area contributed by atoms with Gasteiger partial charge in [-0.1, -0.05) is 110 Å². The van der Waals surface area contributed by atoms with Crippen LogP contribution < -0.4 is 11.2 Å². The third kappa shape index (κ3) is 5.58. The van der Waals surface area contributed by atoms with Gasteiger partial charge in [-0.3, -0.25) is 9.36 Å². The topological polar surface area (TPSA) is 105 Å². The van der Waals surface area contributed by atoms with Crippen molar-refractivity contribution in [2.45, 2.75) is 57.5 Å². The summed E-state index contributed by atoms with van der Waals surface area (Å²) in [7, 11) is 0. The van der Waals surface area contributed by atoms with Crippen molar-refractivity contribution in [3.63, 3.8) is 0 Å². The van der Waals surface area contributed by atoms with Crippen molar-refractivity contribution in [1.82, 2.24) is 38.9 Å². The Morgan fingerprint density at radius 2 is 1.49 bits per heavy atom. The van der Waals surface area contributed by atoms with Crippen molar-refractivity contribution in [3.05, 3.63) is 153 Å². The second-order valence-electron chi connectivity index (χ2n) is 12.7. The smallest absolute Gasteiger partial charge is 0.317 e. The summed E-state index contributed by atoms with van der Waals surface area (Å²) in [5.74, 6) is 1.07. The molecule has 1 aliphatic rings. The molecule has 4 aromatic carbocycles. The normalized spacial score (nSPS) is 14.3. The summed E-state index contributed by atoms with van der Waals surface area (Å²) >= 11 is 0. The molecule has 0 aliphatic heterocycles. The van der Waals surface area contributed by atoms with Crippen LogP contribution >= 0.6 is 0 Å². The molecular weight excluding hydrogens is 612 g/mol. The van der Waals surface area contributed by atoms with Crippen LogP contribution in [0, 0.1) is 0 Å². The summed E-state index contributed by atoms with van der Waals surface area (Å²) in [4.78, 5) is 34.3. The number of rotatable bonds is 8. The minimum absolute atomic E-state index is 0.197. The van der Waals surface area contributed by atoms with Gasteiger partial charge in [0.2, 0.25) is 0 Å². The fourth-order valence-corrected chi connectivity index (χ4v) is 7.25. The number of nitrogens with zero attached hydrogens (tertiary/aromatic N) is 8. The molecule has 0 N–H and O–H groups in total. The number of hydrogen-bond acceptors (Lipinski definition) is 6. The van der Waals surface area contributed by atoms with Gasteiger partial charge >= 0.3 is 5.69 Å². The number of imidazole rings is 1. The van der Waals surface area contributed by atoms with Gasteiger partial charge in [-0.25, -0.2) is 14.3 Å². The van der Waals surface area contributed by atoms with Crippen molar-refractivity contribution in [1.29, 1.82) is 0 Å². The molecule has 0 bridgehead atoms. The Labute approximate surface area is 282 Å². The van der Waals surface area contributed by atoms with Crippen molar-refractivity contribution in [2.24, 2.45) is 0 Å². The standard InChI is InChI=1S/C39H36N8O2/c1-27(29-13-5-2-6-14-29)46-38(48)35-37(47(39(46)49)32-17-9-4-10-18-32)41-36(31-15-7-3-8-16-31)44(35)25-28-21-23-30(24-22-28)33-19-11-12-20-34(33)45-26-40-42-43-45/h2,4-6,9-14,17-24,26-27,31H,3,7-8,15-16,25H2,1H3. The Bertz CT molecular complexity index is 2340. The lowest BCUT2D eigenvalue weighted by Crippen LogP contribution is -2.42. The second-order valence-corrected chi connectivity index (χ2v) is 12.7. The number of benzene rings is 4. The first-order valence-corrected chi connectivity index (χ1v) is 16.9. The van der Waals surface area contributed by atoms with E-state index in [2.05, 4.69) is 50.4 Å². The molecule has 8 rings (SSSR count). The lowest BCUT2D eigenvalue weighted by Gasteiger charge is -2.22. The maximum Gasteiger partial charge on any atom is 0.337 e. The number of aromatic nitrogens is 8. The molecule has 7 aromatic rings. The fraction of sp³-hybridized carbons (Fsp3) is 0.231. The SMILES string of the molecule is CC(c1ccccc1)n1c(=O)c2c(nc(C3CCCCC3)n2Cc2ccc(-c3ccccc3-n3cnnn3)cc2)n(-c2ccccc2)c1=O. The highest BCUT2D eigenvalue weighted by Crippen LogP contribution is 2.34. The third-order valence-electron chi connectivity index (χ3n) is 9.77. The Hall–Kier alpha value is -5.90. The van der Waals surface area contributed by atoms with Gasteiger partial charge in [-0.05, 0) is 65.1 Å². The van der Waals surface area contributed by atoms with E-state index in [1.165, 1.54) is 11.0 Å². The zero-order valence-electron chi connectivity index (χ0n) is 27.3. The van der Waals surface area contributed by atoms with Crippen LogP contribution in [0.1, 0.15) is 67.9 Å². The van der Waals surface area contributed by atoms with E-state index < -0.39 is 11.7 Å². The van der Waals surface area contributed by atoms with Gasteiger partial charge in [0, 0.05) is 18.0 Å². The molecule has 1 fully saturated rings. The number of para-hydroxylation sites is 2. The molecular formula is C39H36N8O2. The highest BCUT2D eigenvalue weighted by atomic mass is 16.2. The summed E-state index contributed by atoms with van der Waals surface area (Å²) in [5.41, 5.74) is 5.62. The van der Waals surface area contributed by atoms with Crippen LogP contribution in [0.4, 0.5) is 0 Å². The van der Waals surface area contributed by atoms with E-state index >= 15 is 0 Å². The molecule has 0 saturated heterocycles. The molecule has 1 saturated carbocycles. The van der Waals surface area contributed by atoms with Crippen LogP contribution in [0.2, 0.25) is 0 Å². The molecule has 0 radical (unpaired) electrons. The molecule has 1 unspecified atom stereocenters. The van der Waals surface area contributed by atoms with Crippen LogP contribution in [0.15, 0.2) is 125 Å². The predicted molar refractivity (Wildman–Crippen MR) is 189 cm³/mol. The van der Waals surface area contributed by atoms with Crippen molar-refractivity contribution in [2.75, 3.05) is 0 Å². The quantitative estimate of drug-likeness (QED) is 0.182. The van der Waals surface area contributed by atoms with Crippen LogP contribution in [-0.2, 0) is 6.54 Å². The first-order valence-electron chi connectivity index (χ1n) is 16.9. The molecule has 1 atom stereocenters. The summed E-state index contributed by atoms with van der Waals surface area (Å²) in [6.07, 6.45) is 7.01. The van der Waals surface area contributed by atoms with Gasteiger partial charge in [0.05, 0.1) is 17.4 Å². The van der Waals surface area contributed by atoms with Crippen LogP contribution in [0.25, 0.3) is 33.7 Å². The minimum atomic E-state index is -0.485. The van der Waals surface area contributed by atoms with Gasteiger partial charge in [-0.2, -0.15) is 4.68 Å². The van der Waals surface area contributed by atoms with E-state index in [1.54, 1.807) is 15.6 Å². The molecule has 3 aromatic heterocycles. The second kappa shape index (κ2) is 13.0. The first-order chi connectivity index (χ1) is 24.1. The largest absolute Gasteiger partial charge is 0.337 e. The van der Waals surface area contributed by atoms with Gasteiger partial charge < -0.3 is 4.57 Å². The number of tetrazole rings is 1. The number of hydrogen-bond donors (Lipinski definition) is 0. The van der Waals surface area contributed by atoms with E-state index in [9.17, 15) is 9.59 Å². The maximum atomic E-state index is 14.7. The molecule has 10 heteroatoms. The van der Waals surface area contributed by atoms with Crippen molar-refractivity contribution in [3.8, 4) is 22.5 Å². The lowest BCUT2D eigenvalue weighted by atomic mass is 9.88. The van der Waals surface area contributed by atoms with Crippen LogP contribution in [0.5, 0.6) is 0 Å². The zero-order valence-corrected chi connectivity index (χ0v) is 27.3. The first kappa shape index (κ1) is 30.4. The minimum Gasteiger partial charge on any atom is -0.317 e. The fourth-order valence-electron chi connectivity index (χ4n) is 7.25. The van der Waals surface area contributed by atoms with E-state index in [0.717, 1.165) is 59.4 Å². The van der Waals surface area contributed by atoms with Gasteiger partial charge in [-0.15, -0.1) is 5.10 Å². The van der Waals surface area contributed by atoms with Crippen molar-refractivity contribution < 1.29 is 0 Å². The van der Waals surface area contributed by atoms with Gasteiger partial charge in [0.1, 0.15) is 12.2 Å². The van der Waals surface area contributed by atoms with Crippen LogP contribution in [0.3, 0.4) is 0 Å². The molecule has 10 nitrogen and oxygen atoms in total. The van der Waals surface area contributed by atoms with E-state index in [-0.39, 0.29) is 11.5 Å². The highest BCUT2D eigenvalue weighted by molar-refractivity contribution is 5.75. The average Bonchev–Trinajstić information content (AvgIpc) is 3.83. The van der Waals surface area contributed by atoms with E-state index in [4.69, 9.17) is 4.98 Å². The molecule has 244 valence electrons. The molecule has 0 amide bonds. The maximum absolute atomic E-state index is 14.7. The Morgan fingerprint density at radius 3 is 2.20 bits per heavy atom. The lowest BCUT2D eigenvalue weighted by molar-refractivity contribution is 0.420. The number of fused-ring (bicyclic) bond motifs is 1. The molecule has 3 heterocycles. The van der Waals surface area contributed by atoms with Crippen LogP contribution in [-0.4, -0.2) is 38.9 Å². The Morgan fingerprint density at radius 1 is 0.796 bits per heavy atom. The summed E-state index contributed by atoms with van der Waals surface area (Å²) in [5, 5.41) is 11.7. The van der Waals surface area contributed by atoms with Crippen molar-refractivity contribution >= 4 is 11.2 Å². The van der Waals surface area contributed by atoms with Gasteiger partial charge in [0.15, 0.2) is 11.2 Å². The van der Waals surface area contributed by atoms with Gasteiger partial charge in [0.25, 0.3) is 5.56 Å². The summed E-state index contributed by atoms with van der Waals surface area (Å²) in [6.45, 7) is 2.35. The Kier molecular flexibility index (Phi) is 8.04. The summed E-state index contributed by atoms with van der Waals surface area (Å²) in [6, 6.07) is 35.1. The monoisotopic (exact) mass is 648 g/mol. The predicted octanol–water partition coefficient (Wildman–Crippen LogP) is 6.70. The van der Waals surface area contributed by atoms with E-state index in [0.29, 0.717) is 23.4 Å². The molecule has 1 aliphatic carbocycles. The Balaban J connectivity index is 1.31.